The zero-order chi connectivity index (χ0) is 22.5. The number of fused-ring (bicyclic) bond motifs is 2. The first-order valence-corrected chi connectivity index (χ1v) is 11.9. The van der Waals surface area contributed by atoms with Gasteiger partial charge in [0.25, 0.3) is 0 Å². The standard InChI is InChI=1S/C24H28N6OS/c1-4-32-24-28-22(27-16(2)3)20-15-26-30(23(20)29-24)13-12-25-21(31)14-18-10-7-9-17-8-5-6-11-19(17)18/h5-11,15-16H,4,12-14H2,1-3H3,(H,25,31)(H,27,28,29). The number of hydrogen-bond donors (Lipinski definition) is 2. The quantitative estimate of drug-likeness (QED) is 0.294. The van der Waals surface area contributed by atoms with Crippen molar-refractivity contribution in [3.05, 3.63) is 54.2 Å². The minimum Gasteiger partial charge on any atom is -0.367 e. The van der Waals surface area contributed by atoms with E-state index in [0.29, 0.717) is 19.5 Å². The number of carbonyl (C=O) groups excluding carboxylic acids is 1. The summed E-state index contributed by atoms with van der Waals surface area (Å²) >= 11 is 1.60. The lowest BCUT2D eigenvalue weighted by molar-refractivity contribution is -0.120. The fourth-order valence-electron chi connectivity index (χ4n) is 3.66. The van der Waals surface area contributed by atoms with Gasteiger partial charge in [0.2, 0.25) is 5.91 Å². The van der Waals surface area contributed by atoms with Crippen molar-refractivity contribution in [2.24, 2.45) is 0 Å². The molecule has 2 aromatic carbocycles. The number of nitrogens with zero attached hydrogens (tertiary/aromatic N) is 4. The summed E-state index contributed by atoms with van der Waals surface area (Å²) in [5.41, 5.74) is 1.81. The normalized spacial score (nSPS) is 11.4. The van der Waals surface area contributed by atoms with Crippen molar-refractivity contribution in [2.45, 2.75) is 44.9 Å². The Labute approximate surface area is 192 Å². The molecule has 8 heteroatoms. The Morgan fingerprint density at radius 2 is 1.91 bits per heavy atom. The van der Waals surface area contributed by atoms with E-state index in [0.717, 1.165) is 44.1 Å². The number of hydrogen-bond acceptors (Lipinski definition) is 6. The van der Waals surface area contributed by atoms with Gasteiger partial charge in [-0.15, -0.1) is 0 Å². The van der Waals surface area contributed by atoms with Crippen molar-refractivity contribution in [1.29, 1.82) is 0 Å². The van der Waals surface area contributed by atoms with E-state index in [2.05, 4.69) is 59.7 Å². The predicted molar refractivity (Wildman–Crippen MR) is 131 cm³/mol. The molecule has 0 aliphatic rings. The van der Waals surface area contributed by atoms with Crippen molar-refractivity contribution >= 4 is 45.3 Å². The number of nitrogens with one attached hydrogen (secondary N) is 2. The van der Waals surface area contributed by atoms with E-state index in [1.54, 1.807) is 18.0 Å². The highest BCUT2D eigenvalue weighted by molar-refractivity contribution is 7.99. The number of benzene rings is 2. The van der Waals surface area contributed by atoms with Gasteiger partial charge in [0.15, 0.2) is 10.8 Å². The first-order valence-electron chi connectivity index (χ1n) is 10.9. The number of amides is 1. The SMILES string of the molecule is CCSc1nc(NC(C)C)c2cnn(CCNC(=O)Cc3cccc4ccccc34)c2n1. The fourth-order valence-corrected chi connectivity index (χ4v) is 4.22. The average Bonchev–Trinajstić information content (AvgIpc) is 3.17. The Kier molecular flexibility index (Phi) is 6.90. The molecule has 1 amide bonds. The van der Waals surface area contributed by atoms with Gasteiger partial charge in [0.1, 0.15) is 5.82 Å². The van der Waals surface area contributed by atoms with Gasteiger partial charge in [-0.05, 0) is 35.9 Å². The van der Waals surface area contributed by atoms with Crippen molar-refractivity contribution in [2.75, 3.05) is 17.6 Å². The van der Waals surface area contributed by atoms with Crippen molar-refractivity contribution in [1.82, 2.24) is 25.1 Å². The molecule has 0 saturated carbocycles. The summed E-state index contributed by atoms with van der Waals surface area (Å²) in [4.78, 5) is 21.9. The average molecular weight is 449 g/mol. The second-order valence-electron chi connectivity index (χ2n) is 7.86. The molecule has 2 N–H and O–H groups in total. The van der Waals surface area contributed by atoms with E-state index in [9.17, 15) is 4.79 Å². The molecule has 0 aliphatic carbocycles. The molecular weight excluding hydrogens is 420 g/mol. The Morgan fingerprint density at radius 1 is 1.09 bits per heavy atom. The number of aromatic nitrogens is 4. The maximum Gasteiger partial charge on any atom is 0.224 e. The zero-order valence-electron chi connectivity index (χ0n) is 18.6. The molecule has 0 bridgehead atoms. The van der Waals surface area contributed by atoms with E-state index < -0.39 is 0 Å². The molecular formula is C24H28N6OS. The molecule has 0 atom stereocenters. The van der Waals surface area contributed by atoms with Crippen molar-refractivity contribution in [3.63, 3.8) is 0 Å². The van der Waals surface area contributed by atoms with Crippen LogP contribution in [0.2, 0.25) is 0 Å². The number of carbonyl (C=O) groups is 1. The van der Waals surface area contributed by atoms with Gasteiger partial charge in [-0.2, -0.15) is 5.10 Å². The molecule has 7 nitrogen and oxygen atoms in total. The Hall–Kier alpha value is -3.13. The van der Waals surface area contributed by atoms with Gasteiger partial charge in [-0.25, -0.2) is 14.6 Å². The summed E-state index contributed by atoms with van der Waals surface area (Å²) in [5.74, 6) is 1.69. The minimum atomic E-state index is -0.00293. The maximum atomic E-state index is 12.6. The van der Waals surface area contributed by atoms with E-state index in [4.69, 9.17) is 4.98 Å². The van der Waals surface area contributed by atoms with Crippen LogP contribution in [0.5, 0.6) is 0 Å². The summed E-state index contributed by atoms with van der Waals surface area (Å²) < 4.78 is 1.83. The molecule has 166 valence electrons. The van der Waals surface area contributed by atoms with Crippen LogP contribution in [0.15, 0.2) is 53.8 Å². The van der Waals surface area contributed by atoms with Crippen LogP contribution in [0.1, 0.15) is 26.3 Å². The first-order chi connectivity index (χ1) is 15.5. The second kappa shape index (κ2) is 9.99. The summed E-state index contributed by atoms with van der Waals surface area (Å²) in [5, 5.41) is 14.8. The molecule has 0 fully saturated rings. The monoisotopic (exact) mass is 448 g/mol. The highest BCUT2D eigenvalue weighted by atomic mass is 32.2. The van der Waals surface area contributed by atoms with E-state index in [-0.39, 0.29) is 11.9 Å². The van der Waals surface area contributed by atoms with E-state index in [1.165, 1.54) is 0 Å². The van der Waals surface area contributed by atoms with Gasteiger partial charge in [-0.3, -0.25) is 4.79 Å². The molecule has 0 unspecified atom stereocenters. The van der Waals surface area contributed by atoms with Crippen LogP contribution in [0.3, 0.4) is 0 Å². The second-order valence-corrected chi connectivity index (χ2v) is 9.09. The number of rotatable bonds is 9. The van der Waals surface area contributed by atoms with Crippen molar-refractivity contribution in [3.8, 4) is 0 Å². The Morgan fingerprint density at radius 3 is 2.72 bits per heavy atom. The lowest BCUT2D eigenvalue weighted by Gasteiger charge is -2.12. The van der Waals surface area contributed by atoms with Gasteiger partial charge >= 0.3 is 0 Å². The Bertz CT molecular complexity index is 1230. The van der Waals surface area contributed by atoms with Crippen LogP contribution in [0, 0.1) is 0 Å². The van der Waals surface area contributed by atoms with Crippen molar-refractivity contribution < 1.29 is 4.79 Å². The molecule has 2 heterocycles. The smallest absolute Gasteiger partial charge is 0.224 e. The van der Waals surface area contributed by atoms with Crippen LogP contribution in [-0.2, 0) is 17.8 Å². The molecule has 4 rings (SSSR count). The third kappa shape index (κ3) is 5.02. The summed E-state index contributed by atoms with van der Waals surface area (Å²) in [6.07, 6.45) is 2.14. The van der Waals surface area contributed by atoms with Gasteiger partial charge in [-0.1, -0.05) is 61.2 Å². The maximum absolute atomic E-state index is 12.6. The van der Waals surface area contributed by atoms with Crippen LogP contribution in [0.4, 0.5) is 5.82 Å². The number of anilines is 1. The summed E-state index contributed by atoms with van der Waals surface area (Å²) in [6, 6.07) is 14.5. The molecule has 0 radical (unpaired) electrons. The lowest BCUT2D eigenvalue weighted by Crippen LogP contribution is -2.29. The van der Waals surface area contributed by atoms with Gasteiger partial charge in [0, 0.05) is 12.6 Å². The predicted octanol–water partition coefficient (Wildman–Crippen LogP) is 4.27. The minimum absolute atomic E-state index is 0.00293. The molecule has 0 spiro atoms. The Balaban J connectivity index is 1.44. The van der Waals surface area contributed by atoms with E-state index >= 15 is 0 Å². The lowest BCUT2D eigenvalue weighted by atomic mass is 10.0. The molecule has 0 aliphatic heterocycles. The first kappa shape index (κ1) is 22.1. The van der Waals surface area contributed by atoms with Gasteiger partial charge in [0.05, 0.1) is 24.5 Å². The van der Waals surface area contributed by atoms with Crippen LogP contribution >= 0.6 is 11.8 Å². The highest BCUT2D eigenvalue weighted by Crippen LogP contribution is 2.25. The largest absolute Gasteiger partial charge is 0.367 e. The third-order valence-electron chi connectivity index (χ3n) is 5.05. The van der Waals surface area contributed by atoms with Gasteiger partial charge < -0.3 is 10.6 Å². The third-order valence-corrected chi connectivity index (χ3v) is 5.78. The highest BCUT2D eigenvalue weighted by Gasteiger charge is 2.14. The topological polar surface area (TPSA) is 84.7 Å². The van der Waals surface area contributed by atoms with Crippen LogP contribution in [-0.4, -0.2) is 44.0 Å². The zero-order valence-corrected chi connectivity index (χ0v) is 19.4. The van der Waals surface area contributed by atoms with Crippen LogP contribution < -0.4 is 10.6 Å². The molecule has 4 aromatic rings. The fraction of sp³-hybridized carbons (Fsp3) is 0.333. The number of thioether (sulfide) groups is 1. The van der Waals surface area contributed by atoms with E-state index in [1.807, 2.05) is 28.9 Å². The van der Waals surface area contributed by atoms with Crippen LogP contribution in [0.25, 0.3) is 21.8 Å². The molecule has 0 saturated heterocycles. The summed E-state index contributed by atoms with van der Waals surface area (Å²) in [6.45, 7) is 7.26. The molecule has 2 aromatic heterocycles. The molecule has 32 heavy (non-hydrogen) atoms. The summed E-state index contributed by atoms with van der Waals surface area (Å²) in [7, 11) is 0.